The first-order chi connectivity index (χ1) is 11.6. The van der Waals surface area contributed by atoms with Crippen molar-refractivity contribution in [1.82, 2.24) is 15.2 Å². The third-order valence-electron chi connectivity index (χ3n) is 2.98. The Morgan fingerprint density at radius 2 is 2.04 bits per heavy atom. The van der Waals surface area contributed by atoms with Gasteiger partial charge in [0.25, 0.3) is 11.8 Å². The van der Waals surface area contributed by atoms with Crippen LogP contribution in [0.1, 0.15) is 10.4 Å². The molecule has 1 aromatic carbocycles. The average Bonchev–Trinajstić information content (AvgIpc) is 3.24. The number of oxazole rings is 1. The molecule has 2 heterocycles. The molecule has 0 bridgehead atoms. The van der Waals surface area contributed by atoms with Crippen molar-refractivity contribution in [2.75, 3.05) is 14.1 Å². The van der Waals surface area contributed by atoms with Gasteiger partial charge in [0.2, 0.25) is 0 Å². The third kappa shape index (κ3) is 3.73. The Kier molecular flexibility index (Phi) is 5.57. The number of furan rings is 1. The first-order valence-electron chi connectivity index (χ1n) is 7.22. The number of hydrogen-bond donors (Lipinski definition) is 1. The van der Waals surface area contributed by atoms with E-state index in [1.54, 1.807) is 49.0 Å². The molecule has 0 radical (unpaired) electrons. The van der Waals surface area contributed by atoms with Crippen molar-refractivity contribution < 1.29 is 13.6 Å². The molecule has 24 heavy (non-hydrogen) atoms. The zero-order valence-corrected chi connectivity index (χ0v) is 13.7. The normalized spacial score (nSPS) is 10.4. The van der Waals surface area contributed by atoms with Gasteiger partial charge >= 0.3 is 0 Å². The van der Waals surface area contributed by atoms with Crippen molar-refractivity contribution in [3.05, 3.63) is 67.7 Å². The standard InChI is InChI=1S/C16H15N3O3.C2H4/c1-19(2)9-8-17-15(20)11-5-3-6-12-14(11)18-16(22-12)13-7-4-10-21-13;1-2/h3-10H,1-2H3,(H,17,20);1-2H2. The third-order valence-corrected chi connectivity index (χ3v) is 2.98. The summed E-state index contributed by atoms with van der Waals surface area (Å²) < 4.78 is 10.9. The van der Waals surface area contributed by atoms with E-state index in [-0.39, 0.29) is 5.91 Å². The Hall–Kier alpha value is -3.28. The molecule has 3 aromatic rings. The molecule has 0 aliphatic rings. The van der Waals surface area contributed by atoms with E-state index in [1.165, 1.54) is 0 Å². The fourth-order valence-electron chi connectivity index (χ4n) is 1.98. The lowest BCUT2D eigenvalue weighted by Gasteiger charge is -2.04. The molecule has 1 amide bonds. The van der Waals surface area contributed by atoms with Gasteiger partial charge in [-0.2, -0.15) is 0 Å². The smallest absolute Gasteiger partial charge is 0.263 e. The lowest BCUT2D eigenvalue weighted by atomic mass is 10.2. The topological polar surface area (TPSA) is 71.5 Å². The maximum absolute atomic E-state index is 12.2. The highest BCUT2D eigenvalue weighted by molar-refractivity contribution is 6.05. The Labute approximate surface area is 140 Å². The summed E-state index contributed by atoms with van der Waals surface area (Å²) in [7, 11) is 3.74. The molecule has 0 saturated heterocycles. The van der Waals surface area contributed by atoms with Crippen LogP contribution in [-0.4, -0.2) is 29.9 Å². The molecule has 2 aromatic heterocycles. The number of nitrogens with zero attached hydrogens (tertiary/aromatic N) is 2. The summed E-state index contributed by atoms with van der Waals surface area (Å²) >= 11 is 0. The van der Waals surface area contributed by atoms with Gasteiger partial charge in [0, 0.05) is 26.5 Å². The van der Waals surface area contributed by atoms with Gasteiger partial charge in [-0.25, -0.2) is 4.98 Å². The van der Waals surface area contributed by atoms with Crippen molar-refractivity contribution >= 4 is 17.0 Å². The van der Waals surface area contributed by atoms with Crippen LogP contribution in [0.4, 0.5) is 0 Å². The second kappa shape index (κ2) is 7.82. The monoisotopic (exact) mass is 325 g/mol. The predicted octanol–water partition coefficient (Wildman–Crippen LogP) is 3.65. The Balaban J connectivity index is 0.00000100. The van der Waals surface area contributed by atoms with E-state index >= 15 is 0 Å². The van der Waals surface area contributed by atoms with Crippen LogP contribution in [0.5, 0.6) is 0 Å². The largest absolute Gasteiger partial charge is 0.459 e. The molecule has 1 N–H and O–H groups in total. The highest BCUT2D eigenvalue weighted by atomic mass is 16.4. The quantitative estimate of drug-likeness (QED) is 0.741. The number of benzene rings is 1. The second-order valence-electron chi connectivity index (χ2n) is 4.90. The van der Waals surface area contributed by atoms with Crippen molar-refractivity contribution in [2.24, 2.45) is 0 Å². The van der Waals surface area contributed by atoms with E-state index in [4.69, 9.17) is 8.83 Å². The van der Waals surface area contributed by atoms with Crippen LogP contribution in [0.25, 0.3) is 22.8 Å². The molecule has 0 unspecified atom stereocenters. The lowest BCUT2D eigenvalue weighted by molar-refractivity contribution is 0.0971. The van der Waals surface area contributed by atoms with Gasteiger partial charge in [0.15, 0.2) is 11.3 Å². The first-order valence-corrected chi connectivity index (χ1v) is 7.22. The van der Waals surface area contributed by atoms with Gasteiger partial charge in [-0.3, -0.25) is 4.79 Å². The molecule has 3 rings (SSSR count). The van der Waals surface area contributed by atoms with E-state index in [1.807, 2.05) is 19.0 Å². The molecule has 6 heteroatoms. The zero-order valence-electron chi connectivity index (χ0n) is 13.7. The summed E-state index contributed by atoms with van der Waals surface area (Å²) in [5.74, 6) is 0.627. The molecule has 0 aliphatic heterocycles. The number of fused-ring (bicyclic) bond motifs is 1. The van der Waals surface area contributed by atoms with E-state index in [2.05, 4.69) is 23.5 Å². The van der Waals surface area contributed by atoms with Gasteiger partial charge in [-0.05, 0) is 24.3 Å². The van der Waals surface area contributed by atoms with Crippen molar-refractivity contribution in [3.8, 4) is 11.7 Å². The van der Waals surface area contributed by atoms with Crippen LogP contribution >= 0.6 is 0 Å². The molecule has 6 nitrogen and oxygen atoms in total. The molecule has 0 saturated carbocycles. The molecule has 0 spiro atoms. The van der Waals surface area contributed by atoms with Crippen molar-refractivity contribution in [1.29, 1.82) is 0 Å². The molecular weight excluding hydrogens is 306 g/mol. The summed E-state index contributed by atoms with van der Waals surface area (Å²) in [5, 5.41) is 2.70. The maximum atomic E-state index is 12.2. The number of hydrogen-bond acceptors (Lipinski definition) is 5. The summed E-state index contributed by atoms with van der Waals surface area (Å²) in [6, 6.07) is 8.73. The Bertz CT molecular complexity index is 832. The minimum absolute atomic E-state index is 0.247. The van der Waals surface area contributed by atoms with Crippen LogP contribution in [0.15, 0.2) is 71.0 Å². The minimum Gasteiger partial charge on any atom is -0.459 e. The van der Waals surface area contributed by atoms with Crippen molar-refractivity contribution in [2.45, 2.75) is 0 Å². The first kappa shape index (κ1) is 17.1. The summed E-state index contributed by atoms with van der Waals surface area (Å²) in [6.45, 7) is 6.00. The fourth-order valence-corrected chi connectivity index (χ4v) is 1.98. The van der Waals surface area contributed by atoms with Crippen LogP contribution in [-0.2, 0) is 0 Å². The number of amides is 1. The van der Waals surface area contributed by atoms with Crippen LogP contribution in [0, 0.1) is 0 Å². The van der Waals surface area contributed by atoms with Crippen molar-refractivity contribution in [3.63, 3.8) is 0 Å². The number of rotatable bonds is 4. The summed E-state index contributed by atoms with van der Waals surface area (Å²) in [6.07, 6.45) is 4.87. The average molecular weight is 325 g/mol. The van der Waals surface area contributed by atoms with Gasteiger partial charge < -0.3 is 19.1 Å². The summed E-state index contributed by atoms with van der Waals surface area (Å²) in [5.41, 5.74) is 1.49. The number of carbonyl (C=O) groups excluding carboxylic acids is 1. The minimum atomic E-state index is -0.247. The van der Waals surface area contributed by atoms with E-state index in [9.17, 15) is 4.79 Å². The molecule has 0 atom stereocenters. The SMILES string of the molecule is C=C.CN(C)C=CNC(=O)c1cccc2oc(-c3ccco3)nc12. The summed E-state index contributed by atoms with van der Waals surface area (Å²) in [4.78, 5) is 18.4. The zero-order chi connectivity index (χ0) is 17.5. The molecule has 0 fully saturated rings. The lowest BCUT2D eigenvalue weighted by Crippen LogP contribution is -2.18. The van der Waals surface area contributed by atoms with Crippen LogP contribution in [0.2, 0.25) is 0 Å². The number of para-hydroxylation sites is 1. The van der Waals surface area contributed by atoms with E-state index in [0.29, 0.717) is 28.3 Å². The Morgan fingerprint density at radius 3 is 2.71 bits per heavy atom. The predicted molar refractivity (Wildman–Crippen MR) is 93.3 cm³/mol. The van der Waals surface area contributed by atoms with Crippen LogP contribution in [0.3, 0.4) is 0 Å². The molecule has 124 valence electrons. The van der Waals surface area contributed by atoms with Crippen LogP contribution < -0.4 is 5.32 Å². The van der Waals surface area contributed by atoms with E-state index < -0.39 is 0 Å². The molecular formula is C18H19N3O3. The van der Waals surface area contributed by atoms with Gasteiger partial charge in [-0.15, -0.1) is 13.2 Å². The van der Waals surface area contributed by atoms with Gasteiger partial charge in [0.1, 0.15) is 5.52 Å². The second-order valence-corrected chi connectivity index (χ2v) is 4.90. The van der Waals surface area contributed by atoms with Gasteiger partial charge in [0.05, 0.1) is 11.8 Å². The highest BCUT2D eigenvalue weighted by Crippen LogP contribution is 2.26. The van der Waals surface area contributed by atoms with E-state index in [0.717, 1.165) is 0 Å². The number of carbonyl (C=O) groups is 1. The fraction of sp³-hybridized carbons (Fsp3) is 0.111. The number of aromatic nitrogens is 1. The highest BCUT2D eigenvalue weighted by Gasteiger charge is 2.16. The molecule has 0 aliphatic carbocycles. The van der Waals surface area contributed by atoms with Gasteiger partial charge in [-0.1, -0.05) is 6.07 Å². The maximum Gasteiger partial charge on any atom is 0.263 e. The Morgan fingerprint density at radius 1 is 1.25 bits per heavy atom. The number of nitrogens with one attached hydrogen (secondary N) is 1.